The molecule has 0 spiro atoms. The molecule has 2 unspecified atom stereocenters. The Balaban J connectivity index is 2.45. The van der Waals surface area contributed by atoms with E-state index in [1.807, 2.05) is 6.92 Å². The van der Waals surface area contributed by atoms with Gasteiger partial charge in [-0.2, -0.15) is 0 Å². The van der Waals surface area contributed by atoms with Gasteiger partial charge >= 0.3 is 0 Å². The van der Waals surface area contributed by atoms with Gasteiger partial charge in [-0.3, -0.25) is 4.79 Å². The van der Waals surface area contributed by atoms with E-state index in [1.54, 1.807) is 31.2 Å². The molecule has 1 rings (SSSR count). The van der Waals surface area contributed by atoms with Crippen molar-refractivity contribution in [3.05, 3.63) is 34.9 Å². The molecule has 0 bridgehead atoms. The van der Waals surface area contributed by atoms with Crippen LogP contribution in [0.25, 0.3) is 0 Å². The van der Waals surface area contributed by atoms with Gasteiger partial charge in [-0.05, 0) is 37.5 Å². The zero-order chi connectivity index (χ0) is 12.8. The first-order valence-corrected chi connectivity index (χ1v) is 6.08. The molecule has 0 aliphatic heterocycles. The SMILES string of the molecule is CC(O)CC(C)CNC(=O)c1cccc(Cl)c1. The first-order chi connectivity index (χ1) is 7.99. The summed E-state index contributed by atoms with van der Waals surface area (Å²) in [4.78, 5) is 11.8. The number of aliphatic hydroxyl groups is 1. The quantitative estimate of drug-likeness (QED) is 0.849. The molecule has 17 heavy (non-hydrogen) atoms. The van der Waals surface area contributed by atoms with Crippen LogP contribution in [0.1, 0.15) is 30.6 Å². The lowest BCUT2D eigenvalue weighted by Crippen LogP contribution is -2.29. The molecule has 1 amide bonds. The summed E-state index contributed by atoms with van der Waals surface area (Å²) < 4.78 is 0. The monoisotopic (exact) mass is 255 g/mol. The van der Waals surface area contributed by atoms with Gasteiger partial charge in [-0.15, -0.1) is 0 Å². The fourth-order valence-electron chi connectivity index (χ4n) is 1.66. The summed E-state index contributed by atoms with van der Waals surface area (Å²) in [6, 6.07) is 6.83. The summed E-state index contributed by atoms with van der Waals surface area (Å²) in [6.45, 7) is 4.29. The third-order valence-electron chi connectivity index (χ3n) is 2.44. The number of carbonyl (C=O) groups excluding carboxylic acids is 1. The highest BCUT2D eigenvalue weighted by molar-refractivity contribution is 6.30. The number of aliphatic hydroxyl groups excluding tert-OH is 1. The van der Waals surface area contributed by atoms with E-state index >= 15 is 0 Å². The summed E-state index contributed by atoms with van der Waals surface area (Å²) in [5.41, 5.74) is 0.557. The molecule has 4 heteroatoms. The predicted octanol–water partition coefficient (Wildman–Crippen LogP) is 2.48. The smallest absolute Gasteiger partial charge is 0.251 e. The highest BCUT2D eigenvalue weighted by Gasteiger charge is 2.09. The van der Waals surface area contributed by atoms with Crippen LogP contribution in [0, 0.1) is 5.92 Å². The lowest BCUT2D eigenvalue weighted by Gasteiger charge is -2.14. The van der Waals surface area contributed by atoms with Crippen LogP contribution in [0.3, 0.4) is 0 Å². The van der Waals surface area contributed by atoms with Crippen molar-refractivity contribution in [2.24, 2.45) is 5.92 Å². The van der Waals surface area contributed by atoms with Crippen molar-refractivity contribution in [1.29, 1.82) is 0 Å². The summed E-state index contributed by atoms with van der Waals surface area (Å²) in [7, 11) is 0. The molecule has 0 radical (unpaired) electrons. The fourth-order valence-corrected chi connectivity index (χ4v) is 1.85. The van der Waals surface area contributed by atoms with Crippen molar-refractivity contribution in [3.63, 3.8) is 0 Å². The minimum atomic E-state index is -0.340. The van der Waals surface area contributed by atoms with Crippen molar-refractivity contribution in [2.75, 3.05) is 6.54 Å². The van der Waals surface area contributed by atoms with Crippen LogP contribution in [-0.4, -0.2) is 23.7 Å². The van der Waals surface area contributed by atoms with E-state index in [0.29, 0.717) is 23.6 Å². The van der Waals surface area contributed by atoms with Crippen molar-refractivity contribution in [2.45, 2.75) is 26.4 Å². The van der Waals surface area contributed by atoms with Gasteiger partial charge in [0.2, 0.25) is 0 Å². The molecule has 0 saturated carbocycles. The van der Waals surface area contributed by atoms with Gasteiger partial charge in [0.15, 0.2) is 0 Å². The maximum Gasteiger partial charge on any atom is 0.251 e. The Morgan fingerprint density at radius 2 is 2.18 bits per heavy atom. The second-order valence-corrected chi connectivity index (χ2v) is 4.85. The Morgan fingerprint density at radius 3 is 2.76 bits per heavy atom. The van der Waals surface area contributed by atoms with Crippen LogP contribution in [0.5, 0.6) is 0 Å². The van der Waals surface area contributed by atoms with Gasteiger partial charge in [0.05, 0.1) is 6.10 Å². The van der Waals surface area contributed by atoms with E-state index in [0.717, 1.165) is 0 Å². The number of hydrogen-bond donors (Lipinski definition) is 2. The highest BCUT2D eigenvalue weighted by Crippen LogP contribution is 2.11. The normalized spacial score (nSPS) is 14.1. The van der Waals surface area contributed by atoms with Crippen molar-refractivity contribution in [1.82, 2.24) is 5.32 Å². The van der Waals surface area contributed by atoms with Gasteiger partial charge in [0.25, 0.3) is 5.91 Å². The van der Waals surface area contributed by atoms with E-state index in [2.05, 4.69) is 5.32 Å². The zero-order valence-corrected chi connectivity index (χ0v) is 10.9. The number of hydrogen-bond acceptors (Lipinski definition) is 2. The molecule has 0 aliphatic rings. The number of carbonyl (C=O) groups is 1. The number of rotatable bonds is 5. The van der Waals surface area contributed by atoms with Crippen molar-refractivity contribution in [3.8, 4) is 0 Å². The van der Waals surface area contributed by atoms with Crippen LogP contribution in [0.4, 0.5) is 0 Å². The molecule has 0 fully saturated rings. The fraction of sp³-hybridized carbons (Fsp3) is 0.462. The molecule has 1 aromatic carbocycles. The van der Waals surface area contributed by atoms with E-state index in [1.165, 1.54) is 0 Å². The third-order valence-corrected chi connectivity index (χ3v) is 2.68. The largest absolute Gasteiger partial charge is 0.393 e. The molecule has 0 aliphatic carbocycles. The Morgan fingerprint density at radius 1 is 1.47 bits per heavy atom. The third kappa shape index (κ3) is 5.20. The van der Waals surface area contributed by atoms with Crippen LogP contribution in [-0.2, 0) is 0 Å². The maximum atomic E-state index is 11.8. The van der Waals surface area contributed by atoms with E-state index in [9.17, 15) is 9.90 Å². The summed E-state index contributed by atoms with van der Waals surface area (Å²) >= 11 is 5.81. The standard InChI is InChI=1S/C13H18ClNO2/c1-9(6-10(2)16)8-15-13(17)11-4-3-5-12(14)7-11/h3-5,7,9-10,16H,6,8H2,1-2H3,(H,15,17). The second-order valence-electron chi connectivity index (χ2n) is 4.41. The van der Waals surface area contributed by atoms with E-state index in [4.69, 9.17) is 11.6 Å². The maximum absolute atomic E-state index is 11.8. The van der Waals surface area contributed by atoms with Crippen LogP contribution >= 0.6 is 11.6 Å². The Bertz CT molecular complexity index is 379. The Labute approximate surface area is 107 Å². The molecule has 94 valence electrons. The van der Waals surface area contributed by atoms with E-state index in [-0.39, 0.29) is 17.9 Å². The second kappa shape index (κ2) is 6.62. The summed E-state index contributed by atoms with van der Waals surface area (Å²) in [5.74, 6) is 0.114. The first-order valence-electron chi connectivity index (χ1n) is 5.71. The van der Waals surface area contributed by atoms with Crippen molar-refractivity contribution >= 4 is 17.5 Å². The number of nitrogens with one attached hydrogen (secondary N) is 1. The molecule has 1 aromatic rings. The van der Waals surface area contributed by atoms with Gasteiger partial charge in [0, 0.05) is 17.1 Å². The van der Waals surface area contributed by atoms with Crippen LogP contribution in [0.2, 0.25) is 5.02 Å². The molecular formula is C13H18ClNO2. The molecule has 2 N–H and O–H groups in total. The Hall–Kier alpha value is -1.06. The van der Waals surface area contributed by atoms with Gasteiger partial charge in [-0.1, -0.05) is 24.6 Å². The molecule has 0 aromatic heterocycles. The molecule has 2 atom stereocenters. The van der Waals surface area contributed by atoms with Gasteiger partial charge in [0.1, 0.15) is 0 Å². The average molecular weight is 256 g/mol. The van der Waals surface area contributed by atoms with Crippen molar-refractivity contribution < 1.29 is 9.90 Å². The number of amides is 1. The first kappa shape index (κ1) is 14.0. The minimum Gasteiger partial charge on any atom is -0.393 e. The minimum absolute atomic E-state index is 0.134. The highest BCUT2D eigenvalue weighted by atomic mass is 35.5. The lowest BCUT2D eigenvalue weighted by atomic mass is 10.0. The Kier molecular flexibility index (Phi) is 5.45. The summed E-state index contributed by atoms with van der Waals surface area (Å²) in [5, 5.41) is 12.6. The molecule has 0 heterocycles. The molecular weight excluding hydrogens is 238 g/mol. The molecule has 3 nitrogen and oxygen atoms in total. The lowest BCUT2D eigenvalue weighted by molar-refractivity contribution is 0.0939. The number of benzene rings is 1. The number of halogens is 1. The molecule has 0 saturated heterocycles. The predicted molar refractivity (Wildman–Crippen MR) is 69.2 cm³/mol. The van der Waals surface area contributed by atoms with E-state index < -0.39 is 0 Å². The van der Waals surface area contributed by atoms with Crippen LogP contribution in [0.15, 0.2) is 24.3 Å². The average Bonchev–Trinajstić information content (AvgIpc) is 2.25. The zero-order valence-electron chi connectivity index (χ0n) is 10.1. The van der Waals surface area contributed by atoms with Gasteiger partial charge < -0.3 is 10.4 Å². The topological polar surface area (TPSA) is 49.3 Å². The summed E-state index contributed by atoms with van der Waals surface area (Å²) in [6.07, 6.45) is 0.337. The van der Waals surface area contributed by atoms with Crippen LogP contribution < -0.4 is 5.32 Å². The van der Waals surface area contributed by atoms with Gasteiger partial charge in [-0.25, -0.2) is 0 Å².